The molecule has 98 valence electrons. The molecular formula is C9H17ClN4O2S. The number of hydrogen-bond donors (Lipinski definition) is 1. The van der Waals surface area contributed by atoms with Crippen LogP contribution in [0.3, 0.4) is 0 Å². The van der Waals surface area contributed by atoms with Gasteiger partial charge in [-0.25, -0.2) is 8.42 Å². The van der Waals surface area contributed by atoms with Gasteiger partial charge in [0.05, 0.1) is 6.20 Å². The Hall–Kier alpha value is -0.630. The molecule has 1 saturated heterocycles. The third kappa shape index (κ3) is 2.62. The Kier molecular flexibility index (Phi) is 4.19. The fourth-order valence-electron chi connectivity index (χ4n) is 1.82. The van der Waals surface area contributed by atoms with E-state index in [1.165, 1.54) is 21.4 Å². The van der Waals surface area contributed by atoms with Gasteiger partial charge in [-0.3, -0.25) is 4.68 Å². The third-order valence-electron chi connectivity index (χ3n) is 2.96. The lowest BCUT2D eigenvalue weighted by Crippen LogP contribution is -2.32. The molecule has 1 aliphatic rings. The molecule has 2 rings (SSSR count). The number of halogens is 1. The molecule has 1 aliphatic heterocycles. The average molecular weight is 281 g/mol. The van der Waals surface area contributed by atoms with E-state index in [1.54, 1.807) is 7.05 Å². The molecule has 0 saturated carbocycles. The fraction of sp³-hybridized carbons (Fsp3) is 0.667. The van der Waals surface area contributed by atoms with Crippen molar-refractivity contribution in [2.75, 3.05) is 13.1 Å². The zero-order valence-corrected chi connectivity index (χ0v) is 11.4. The van der Waals surface area contributed by atoms with Crippen molar-refractivity contribution >= 4 is 22.4 Å². The molecule has 8 heteroatoms. The van der Waals surface area contributed by atoms with Gasteiger partial charge in [0.25, 0.3) is 0 Å². The molecule has 2 unspecified atom stereocenters. The maximum Gasteiger partial charge on any atom is 0.246 e. The lowest BCUT2D eigenvalue weighted by Gasteiger charge is -2.14. The number of aromatic nitrogens is 2. The highest BCUT2D eigenvalue weighted by Crippen LogP contribution is 2.22. The Balaban J connectivity index is 0.00000144. The molecular weight excluding hydrogens is 264 g/mol. The van der Waals surface area contributed by atoms with Crippen molar-refractivity contribution in [2.24, 2.45) is 18.7 Å². The van der Waals surface area contributed by atoms with Crippen molar-refractivity contribution in [2.45, 2.75) is 17.9 Å². The minimum atomic E-state index is -3.41. The highest BCUT2D eigenvalue weighted by Gasteiger charge is 2.35. The molecule has 1 aromatic rings. The molecule has 2 atom stereocenters. The van der Waals surface area contributed by atoms with Gasteiger partial charge in [-0.05, 0) is 5.92 Å². The molecule has 1 fully saturated rings. The van der Waals surface area contributed by atoms with E-state index in [9.17, 15) is 8.42 Å². The van der Waals surface area contributed by atoms with Crippen molar-refractivity contribution in [3.63, 3.8) is 0 Å². The van der Waals surface area contributed by atoms with Crippen LogP contribution < -0.4 is 5.73 Å². The number of aryl methyl sites for hydroxylation is 1. The van der Waals surface area contributed by atoms with Crippen molar-refractivity contribution in [1.29, 1.82) is 0 Å². The summed E-state index contributed by atoms with van der Waals surface area (Å²) >= 11 is 0. The van der Waals surface area contributed by atoms with Crippen LogP contribution in [0.5, 0.6) is 0 Å². The number of sulfonamides is 1. The SMILES string of the molecule is CC1CN(S(=O)(=O)c2cnn(C)c2)CC1N.Cl. The Morgan fingerprint density at radius 1 is 1.47 bits per heavy atom. The summed E-state index contributed by atoms with van der Waals surface area (Å²) in [4.78, 5) is 0.233. The van der Waals surface area contributed by atoms with Crippen LogP contribution in [0.1, 0.15) is 6.92 Å². The van der Waals surface area contributed by atoms with Crippen LogP contribution in [0.4, 0.5) is 0 Å². The molecule has 1 aromatic heterocycles. The summed E-state index contributed by atoms with van der Waals surface area (Å²) in [5, 5.41) is 3.87. The highest BCUT2D eigenvalue weighted by atomic mass is 35.5. The Labute approximate surface area is 107 Å². The molecule has 0 radical (unpaired) electrons. The largest absolute Gasteiger partial charge is 0.326 e. The maximum atomic E-state index is 12.2. The Morgan fingerprint density at radius 2 is 2.12 bits per heavy atom. The minimum Gasteiger partial charge on any atom is -0.326 e. The summed E-state index contributed by atoms with van der Waals surface area (Å²) in [5.74, 6) is 0.200. The van der Waals surface area contributed by atoms with Gasteiger partial charge in [-0.15, -0.1) is 12.4 Å². The van der Waals surface area contributed by atoms with Crippen molar-refractivity contribution < 1.29 is 8.42 Å². The van der Waals surface area contributed by atoms with Crippen LogP contribution in [-0.2, 0) is 17.1 Å². The van der Waals surface area contributed by atoms with Gasteiger partial charge in [-0.1, -0.05) is 6.92 Å². The molecule has 2 heterocycles. The molecule has 2 N–H and O–H groups in total. The fourth-order valence-corrected chi connectivity index (χ4v) is 3.39. The van der Waals surface area contributed by atoms with Gasteiger partial charge in [0.2, 0.25) is 10.0 Å². The summed E-state index contributed by atoms with van der Waals surface area (Å²) < 4.78 is 27.2. The Morgan fingerprint density at radius 3 is 2.53 bits per heavy atom. The van der Waals surface area contributed by atoms with Gasteiger partial charge in [-0.2, -0.15) is 9.40 Å². The van der Waals surface area contributed by atoms with Crippen LogP contribution in [0.25, 0.3) is 0 Å². The van der Waals surface area contributed by atoms with Crippen LogP contribution >= 0.6 is 12.4 Å². The summed E-state index contributed by atoms with van der Waals surface area (Å²) in [5.41, 5.74) is 5.82. The molecule has 0 aromatic carbocycles. The minimum absolute atomic E-state index is 0. The molecule has 17 heavy (non-hydrogen) atoms. The molecule has 0 amide bonds. The summed E-state index contributed by atoms with van der Waals surface area (Å²) in [6.45, 7) is 2.83. The normalized spacial score (nSPS) is 25.8. The predicted octanol–water partition coefficient (Wildman–Crippen LogP) is -0.190. The van der Waals surface area contributed by atoms with Gasteiger partial charge < -0.3 is 5.73 Å². The first-order chi connectivity index (χ1) is 7.41. The summed E-state index contributed by atoms with van der Waals surface area (Å²) in [7, 11) is -1.72. The lowest BCUT2D eigenvalue weighted by molar-refractivity contribution is 0.464. The van der Waals surface area contributed by atoms with E-state index in [0.29, 0.717) is 13.1 Å². The second-order valence-corrected chi connectivity index (χ2v) is 6.25. The quantitative estimate of drug-likeness (QED) is 0.814. The second kappa shape index (κ2) is 4.93. The van der Waals surface area contributed by atoms with Gasteiger partial charge in [0, 0.05) is 32.4 Å². The van der Waals surface area contributed by atoms with Gasteiger partial charge in [0.15, 0.2) is 0 Å². The number of nitrogens with zero attached hydrogens (tertiary/aromatic N) is 3. The van der Waals surface area contributed by atoms with Crippen molar-refractivity contribution in [1.82, 2.24) is 14.1 Å². The first kappa shape index (κ1) is 14.4. The third-order valence-corrected chi connectivity index (χ3v) is 4.74. The predicted molar refractivity (Wildman–Crippen MR) is 66.4 cm³/mol. The average Bonchev–Trinajstić information content (AvgIpc) is 2.75. The first-order valence-electron chi connectivity index (χ1n) is 5.15. The highest BCUT2D eigenvalue weighted by molar-refractivity contribution is 7.89. The maximum absolute atomic E-state index is 12.2. The monoisotopic (exact) mass is 280 g/mol. The van der Waals surface area contributed by atoms with E-state index in [4.69, 9.17) is 5.73 Å². The molecule has 0 spiro atoms. The molecule has 6 nitrogen and oxygen atoms in total. The van der Waals surface area contributed by atoms with Crippen LogP contribution in [0.2, 0.25) is 0 Å². The number of nitrogens with two attached hydrogens (primary N) is 1. The zero-order valence-electron chi connectivity index (χ0n) is 9.78. The lowest BCUT2D eigenvalue weighted by atomic mass is 10.1. The van der Waals surface area contributed by atoms with E-state index in [0.717, 1.165) is 0 Å². The standard InChI is InChI=1S/C9H16N4O2S.ClH/c1-7-4-13(6-9(7)10)16(14,15)8-3-11-12(2)5-8;/h3,5,7,9H,4,6,10H2,1-2H3;1H. The van der Waals surface area contributed by atoms with Crippen LogP contribution in [0, 0.1) is 5.92 Å². The van der Waals surface area contributed by atoms with Crippen LogP contribution in [0.15, 0.2) is 17.3 Å². The zero-order chi connectivity index (χ0) is 11.9. The van der Waals surface area contributed by atoms with Crippen LogP contribution in [-0.4, -0.2) is 41.6 Å². The molecule has 0 aliphatic carbocycles. The topological polar surface area (TPSA) is 81.2 Å². The van der Waals surface area contributed by atoms with Gasteiger partial charge in [0.1, 0.15) is 4.90 Å². The van der Waals surface area contributed by atoms with E-state index < -0.39 is 10.0 Å². The second-order valence-electron chi connectivity index (χ2n) is 4.31. The van der Waals surface area contributed by atoms with E-state index in [2.05, 4.69) is 5.10 Å². The Bertz CT molecular complexity index is 477. The summed E-state index contributed by atoms with van der Waals surface area (Å²) in [6, 6.07) is -0.0774. The first-order valence-corrected chi connectivity index (χ1v) is 6.59. The van der Waals surface area contributed by atoms with Crippen molar-refractivity contribution in [3.8, 4) is 0 Å². The number of rotatable bonds is 2. The van der Waals surface area contributed by atoms with Crippen molar-refractivity contribution in [3.05, 3.63) is 12.4 Å². The molecule has 0 bridgehead atoms. The van der Waals surface area contributed by atoms with E-state index in [-0.39, 0.29) is 29.3 Å². The number of hydrogen-bond acceptors (Lipinski definition) is 4. The smallest absolute Gasteiger partial charge is 0.246 e. The van der Waals surface area contributed by atoms with E-state index >= 15 is 0 Å². The summed E-state index contributed by atoms with van der Waals surface area (Å²) in [6.07, 6.45) is 2.87. The van der Waals surface area contributed by atoms with E-state index in [1.807, 2.05) is 6.92 Å². The van der Waals surface area contributed by atoms with Gasteiger partial charge >= 0.3 is 0 Å².